The van der Waals surface area contributed by atoms with Crippen LogP contribution in [0.3, 0.4) is 0 Å². The van der Waals surface area contributed by atoms with E-state index in [9.17, 15) is 0 Å². The summed E-state index contributed by atoms with van der Waals surface area (Å²) in [5.74, 6) is 0. The smallest absolute Gasteiger partial charge is 0.137 e. The van der Waals surface area contributed by atoms with Crippen molar-refractivity contribution in [3.8, 4) is 0 Å². The number of rotatable bonds is 0. The maximum atomic E-state index is 3.56. The van der Waals surface area contributed by atoms with E-state index in [1.165, 1.54) is 19.1 Å². The van der Waals surface area contributed by atoms with Crippen molar-refractivity contribution < 1.29 is 0 Å². The van der Waals surface area contributed by atoms with Crippen molar-refractivity contribution in [3.05, 3.63) is 12.7 Å². The second kappa shape index (κ2) is 9.23. The van der Waals surface area contributed by atoms with Gasteiger partial charge in [-0.15, -0.1) is 0 Å². The Bertz CT molecular complexity index is 134. The molecule has 0 atom stereocenters. The summed E-state index contributed by atoms with van der Waals surface area (Å²) in [6, 6.07) is 0. The molecule has 0 unspecified atom stereocenters. The normalized spacial score (nSPS) is 9.08. The number of H-pyrrole nitrogens is 1. The Balaban J connectivity index is 0. The Morgan fingerprint density at radius 1 is 1.23 bits per heavy atom. The summed E-state index contributed by atoms with van der Waals surface area (Å²) >= 11 is 0. The minimum absolute atomic E-state index is 0.542. The number of hydrogen-bond acceptors (Lipinski definition) is 2. The van der Waals surface area contributed by atoms with Gasteiger partial charge in [0.25, 0.3) is 0 Å². The molecule has 1 N–H and O–H groups in total. The summed E-state index contributed by atoms with van der Waals surface area (Å²) in [6.45, 7) is 12.9. The second-order valence-electron chi connectivity index (χ2n) is 3.57. The Morgan fingerprint density at radius 3 is 1.77 bits per heavy atom. The van der Waals surface area contributed by atoms with Crippen LogP contribution in [0.4, 0.5) is 0 Å². The molecular formula is C10H23N3. The van der Waals surface area contributed by atoms with Gasteiger partial charge < -0.3 is 0 Å². The lowest BCUT2D eigenvalue weighted by atomic mass is 9.94. The molecule has 0 bridgehead atoms. The largest absolute Gasteiger partial charge is 0.266 e. The first-order valence-corrected chi connectivity index (χ1v) is 4.85. The molecule has 0 spiro atoms. The van der Waals surface area contributed by atoms with Crippen LogP contribution >= 0.6 is 0 Å². The van der Waals surface area contributed by atoms with E-state index in [0.717, 1.165) is 0 Å². The van der Waals surface area contributed by atoms with Gasteiger partial charge in [-0.3, -0.25) is 5.10 Å². The zero-order valence-corrected chi connectivity index (χ0v) is 9.76. The zero-order valence-electron chi connectivity index (χ0n) is 9.76. The van der Waals surface area contributed by atoms with Gasteiger partial charge in [0.1, 0.15) is 12.7 Å². The molecule has 13 heavy (non-hydrogen) atoms. The third-order valence-electron chi connectivity index (χ3n) is 1.39. The highest BCUT2D eigenvalue weighted by Gasteiger charge is 2.03. The summed E-state index contributed by atoms with van der Waals surface area (Å²) in [6.07, 6.45) is 4.23. The number of nitrogens with one attached hydrogen (secondary N) is 1. The van der Waals surface area contributed by atoms with E-state index in [0.29, 0.717) is 5.41 Å². The van der Waals surface area contributed by atoms with E-state index < -0.39 is 0 Å². The maximum Gasteiger partial charge on any atom is 0.137 e. The number of aromatic amines is 1. The van der Waals surface area contributed by atoms with Crippen molar-refractivity contribution in [1.29, 1.82) is 0 Å². The molecule has 1 rings (SSSR count). The predicted octanol–water partition coefficient (Wildman–Crippen LogP) is 3.27. The fourth-order valence-electron chi connectivity index (χ4n) is 0.167. The molecule has 0 radical (unpaired) electrons. The van der Waals surface area contributed by atoms with Gasteiger partial charge >= 0.3 is 0 Å². The molecule has 3 nitrogen and oxygen atoms in total. The van der Waals surface area contributed by atoms with E-state index >= 15 is 0 Å². The molecule has 0 aromatic carbocycles. The highest BCUT2D eigenvalue weighted by Crippen LogP contribution is 2.16. The molecule has 0 saturated carbocycles. The minimum atomic E-state index is 0.542. The van der Waals surface area contributed by atoms with Gasteiger partial charge in [-0.1, -0.05) is 48.0 Å². The summed E-state index contributed by atoms with van der Waals surface area (Å²) in [5, 5.41) is 5.99. The summed E-state index contributed by atoms with van der Waals surface area (Å²) in [5.41, 5.74) is 0.542. The number of aromatic nitrogens is 3. The minimum Gasteiger partial charge on any atom is -0.266 e. The fourth-order valence-corrected chi connectivity index (χ4v) is 0.167. The number of hydrogen-bond donors (Lipinski definition) is 1. The summed E-state index contributed by atoms with van der Waals surface area (Å²) in [4.78, 5) is 3.56. The average Bonchev–Trinajstić information content (AvgIpc) is 2.64. The number of nitrogens with zero attached hydrogens (tertiary/aromatic N) is 2. The van der Waals surface area contributed by atoms with Gasteiger partial charge in [-0.25, -0.2) is 4.98 Å². The molecule has 0 saturated heterocycles. The molecule has 0 aliphatic rings. The quantitative estimate of drug-likeness (QED) is 0.674. The van der Waals surface area contributed by atoms with E-state index in [1.54, 1.807) is 0 Å². The Labute approximate surface area is 82.0 Å². The van der Waals surface area contributed by atoms with Gasteiger partial charge in [-0.05, 0) is 5.41 Å². The van der Waals surface area contributed by atoms with Crippen LogP contribution in [0, 0.1) is 5.41 Å². The first kappa shape index (κ1) is 14.7. The molecular weight excluding hydrogens is 162 g/mol. The van der Waals surface area contributed by atoms with E-state index in [-0.39, 0.29) is 0 Å². The molecule has 1 aromatic rings. The van der Waals surface area contributed by atoms with Crippen molar-refractivity contribution in [1.82, 2.24) is 15.2 Å². The first-order valence-electron chi connectivity index (χ1n) is 4.85. The van der Waals surface area contributed by atoms with Crippen LogP contribution in [-0.4, -0.2) is 15.2 Å². The van der Waals surface area contributed by atoms with E-state index in [2.05, 4.69) is 42.9 Å². The van der Waals surface area contributed by atoms with E-state index in [1.807, 2.05) is 13.8 Å². The van der Waals surface area contributed by atoms with Crippen molar-refractivity contribution >= 4 is 0 Å². The SMILES string of the molecule is CC.CCC(C)(C)C.c1nc[nH]n1. The highest BCUT2D eigenvalue weighted by molar-refractivity contribution is 4.55. The lowest BCUT2D eigenvalue weighted by Gasteiger charge is -2.12. The van der Waals surface area contributed by atoms with Crippen LogP contribution in [0.25, 0.3) is 0 Å². The molecule has 0 aliphatic heterocycles. The lowest BCUT2D eigenvalue weighted by Crippen LogP contribution is -2.00. The molecule has 1 heterocycles. The first-order chi connectivity index (χ1) is 6.06. The molecule has 1 aromatic heterocycles. The third kappa shape index (κ3) is 18.3. The van der Waals surface area contributed by atoms with Crippen LogP contribution in [0.15, 0.2) is 12.7 Å². The van der Waals surface area contributed by atoms with Gasteiger partial charge in [0.15, 0.2) is 0 Å². The fraction of sp³-hybridized carbons (Fsp3) is 0.800. The van der Waals surface area contributed by atoms with Crippen molar-refractivity contribution in [3.63, 3.8) is 0 Å². The van der Waals surface area contributed by atoms with Crippen LogP contribution in [0.2, 0.25) is 0 Å². The Morgan fingerprint density at radius 2 is 1.69 bits per heavy atom. The summed E-state index contributed by atoms with van der Waals surface area (Å²) in [7, 11) is 0. The second-order valence-corrected chi connectivity index (χ2v) is 3.57. The van der Waals surface area contributed by atoms with Gasteiger partial charge in [0.2, 0.25) is 0 Å². The molecule has 78 valence electrons. The van der Waals surface area contributed by atoms with Crippen LogP contribution in [-0.2, 0) is 0 Å². The monoisotopic (exact) mass is 185 g/mol. The molecule has 0 fully saturated rings. The van der Waals surface area contributed by atoms with Crippen LogP contribution in [0.5, 0.6) is 0 Å². The molecule has 0 aliphatic carbocycles. The van der Waals surface area contributed by atoms with Gasteiger partial charge in [0, 0.05) is 0 Å². The van der Waals surface area contributed by atoms with Crippen LogP contribution in [0.1, 0.15) is 48.0 Å². The standard InChI is InChI=1S/C6H14.C2H3N3.C2H6/c1-5-6(2,3)4;1-3-2-5-4-1;1-2/h5H2,1-4H3;1-2H,(H,3,4,5);1-2H3. The molecule has 0 amide bonds. The lowest BCUT2D eigenvalue weighted by molar-refractivity contribution is 0.398. The van der Waals surface area contributed by atoms with Gasteiger partial charge in [-0.2, -0.15) is 5.10 Å². The Kier molecular flexibility index (Phi) is 10.4. The average molecular weight is 185 g/mol. The van der Waals surface area contributed by atoms with Gasteiger partial charge in [0.05, 0.1) is 0 Å². The molecule has 3 heteroatoms. The maximum absolute atomic E-state index is 3.56. The van der Waals surface area contributed by atoms with Crippen LogP contribution < -0.4 is 0 Å². The summed E-state index contributed by atoms with van der Waals surface area (Å²) < 4.78 is 0. The highest BCUT2D eigenvalue weighted by atomic mass is 15.2. The van der Waals surface area contributed by atoms with Crippen molar-refractivity contribution in [2.75, 3.05) is 0 Å². The van der Waals surface area contributed by atoms with Crippen molar-refractivity contribution in [2.24, 2.45) is 5.41 Å². The predicted molar refractivity (Wildman–Crippen MR) is 57.5 cm³/mol. The zero-order chi connectivity index (χ0) is 10.7. The van der Waals surface area contributed by atoms with E-state index in [4.69, 9.17) is 0 Å². The Hall–Kier alpha value is -0.860. The topological polar surface area (TPSA) is 41.6 Å². The third-order valence-corrected chi connectivity index (χ3v) is 1.39. The van der Waals surface area contributed by atoms with Crippen molar-refractivity contribution in [2.45, 2.75) is 48.0 Å².